The van der Waals surface area contributed by atoms with Gasteiger partial charge < -0.3 is 9.80 Å². The summed E-state index contributed by atoms with van der Waals surface area (Å²) in [5, 5.41) is 2.27. The van der Waals surface area contributed by atoms with Crippen molar-refractivity contribution in [3.63, 3.8) is 0 Å². The minimum Gasteiger partial charge on any atom is -0.356 e. The van der Waals surface area contributed by atoms with Crippen molar-refractivity contribution in [3.05, 3.63) is 53.2 Å². The summed E-state index contributed by atoms with van der Waals surface area (Å²) >= 11 is 0. The predicted octanol–water partition coefficient (Wildman–Crippen LogP) is 3.15. The number of anilines is 2. The average molecular weight is 464 g/mol. The Labute approximate surface area is 195 Å². The number of hydrogen-bond donors (Lipinski definition) is 0. The highest BCUT2D eigenvalue weighted by atomic mass is 32.2. The Hall–Kier alpha value is -2.71. The van der Waals surface area contributed by atoms with Crippen molar-refractivity contribution in [2.75, 3.05) is 49.1 Å². The largest absolute Gasteiger partial charge is 0.356 e. The van der Waals surface area contributed by atoms with E-state index in [9.17, 15) is 8.42 Å². The van der Waals surface area contributed by atoms with Gasteiger partial charge in [-0.25, -0.2) is 13.4 Å². The number of rotatable bonds is 4. The van der Waals surface area contributed by atoms with Crippen LogP contribution < -0.4 is 9.80 Å². The van der Waals surface area contributed by atoms with Crippen LogP contribution in [0.15, 0.2) is 41.3 Å². The van der Waals surface area contributed by atoms with Crippen LogP contribution >= 0.6 is 0 Å². The summed E-state index contributed by atoms with van der Waals surface area (Å²) in [5.74, 6) is 1.70. The van der Waals surface area contributed by atoms with Crippen molar-refractivity contribution < 1.29 is 8.42 Å². The molecule has 33 heavy (non-hydrogen) atoms. The van der Waals surface area contributed by atoms with Crippen LogP contribution in [0.5, 0.6) is 0 Å². The maximum atomic E-state index is 13.6. The van der Waals surface area contributed by atoms with Crippen LogP contribution in [0.4, 0.5) is 11.8 Å². The molecular weight excluding hydrogens is 434 g/mol. The van der Waals surface area contributed by atoms with E-state index in [1.54, 1.807) is 10.4 Å². The number of benzene rings is 2. The molecule has 0 unspecified atom stereocenters. The van der Waals surface area contributed by atoms with Crippen LogP contribution in [0.3, 0.4) is 0 Å². The summed E-state index contributed by atoms with van der Waals surface area (Å²) in [5.41, 5.74) is 3.20. The summed E-state index contributed by atoms with van der Waals surface area (Å²) in [7, 11) is -3.54. The molecule has 3 aromatic rings. The molecule has 2 aliphatic heterocycles. The molecular formula is C25H29N5O2S. The quantitative estimate of drug-likeness (QED) is 0.592. The first-order valence-corrected chi connectivity index (χ1v) is 13.3. The Bertz CT molecular complexity index is 1330. The van der Waals surface area contributed by atoms with Crippen LogP contribution in [-0.4, -0.2) is 62.0 Å². The summed E-state index contributed by atoms with van der Waals surface area (Å²) in [6.45, 7) is 6.15. The molecule has 0 saturated carbocycles. The van der Waals surface area contributed by atoms with Crippen LogP contribution in [0.2, 0.25) is 0 Å². The molecule has 1 aromatic heterocycles. The normalized spacial score (nSPS) is 19.1. The van der Waals surface area contributed by atoms with Gasteiger partial charge in [0, 0.05) is 51.0 Å². The van der Waals surface area contributed by atoms with Crippen molar-refractivity contribution in [2.45, 2.75) is 37.5 Å². The highest BCUT2D eigenvalue weighted by Crippen LogP contribution is 2.36. The average Bonchev–Trinajstić information content (AvgIpc) is 3.51. The summed E-state index contributed by atoms with van der Waals surface area (Å²) in [6, 6.07) is 12.1. The number of sulfonamides is 1. The maximum Gasteiger partial charge on any atom is 0.243 e. The lowest BCUT2D eigenvalue weighted by Crippen LogP contribution is -2.49. The van der Waals surface area contributed by atoms with Gasteiger partial charge in [-0.05, 0) is 60.6 Å². The van der Waals surface area contributed by atoms with Gasteiger partial charge in [-0.1, -0.05) is 24.3 Å². The van der Waals surface area contributed by atoms with Gasteiger partial charge in [-0.2, -0.15) is 9.29 Å². The summed E-state index contributed by atoms with van der Waals surface area (Å²) in [6.07, 6.45) is 4.11. The lowest BCUT2D eigenvalue weighted by atomic mass is 10.1. The third kappa shape index (κ3) is 3.56. The Morgan fingerprint density at radius 1 is 0.848 bits per heavy atom. The zero-order valence-electron chi connectivity index (χ0n) is 19.0. The van der Waals surface area contributed by atoms with Crippen molar-refractivity contribution in [1.82, 2.24) is 14.3 Å². The second-order valence-electron chi connectivity index (χ2n) is 9.31. The molecule has 3 heterocycles. The lowest BCUT2D eigenvalue weighted by Gasteiger charge is -2.34. The molecule has 7 nitrogen and oxygen atoms in total. The first-order valence-electron chi connectivity index (χ1n) is 11.9. The van der Waals surface area contributed by atoms with E-state index in [0.29, 0.717) is 37.0 Å². The molecule has 2 fully saturated rings. The number of hydrogen-bond acceptors (Lipinski definition) is 6. The van der Waals surface area contributed by atoms with E-state index in [0.717, 1.165) is 53.8 Å². The fourth-order valence-corrected chi connectivity index (χ4v) is 7.21. The van der Waals surface area contributed by atoms with E-state index in [2.05, 4.69) is 33.0 Å². The van der Waals surface area contributed by atoms with E-state index >= 15 is 0 Å². The molecule has 1 aliphatic carbocycles. The zero-order chi connectivity index (χ0) is 22.6. The molecule has 172 valence electrons. The third-order valence-corrected chi connectivity index (χ3v) is 9.22. The van der Waals surface area contributed by atoms with Crippen LogP contribution in [-0.2, 0) is 22.9 Å². The van der Waals surface area contributed by atoms with Crippen molar-refractivity contribution in [2.24, 2.45) is 0 Å². The Morgan fingerprint density at radius 2 is 1.64 bits per heavy atom. The molecule has 2 saturated heterocycles. The van der Waals surface area contributed by atoms with Gasteiger partial charge >= 0.3 is 0 Å². The van der Waals surface area contributed by atoms with Crippen molar-refractivity contribution >= 4 is 32.6 Å². The monoisotopic (exact) mass is 463 g/mol. The highest BCUT2D eigenvalue weighted by molar-refractivity contribution is 7.89. The second kappa shape index (κ2) is 7.95. The minimum atomic E-state index is -3.54. The van der Waals surface area contributed by atoms with Crippen LogP contribution in [0.25, 0.3) is 10.8 Å². The van der Waals surface area contributed by atoms with Crippen molar-refractivity contribution in [3.8, 4) is 0 Å². The topological polar surface area (TPSA) is 69.6 Å². The van der Waals surface area contributed by atoms with Gasteiger partial charge in [-0.3, -0.25) is 0 Å². The molecule has 0 bridgehead atoms. The van der Waals surface area contributed by atoms with Gasteiger partial charge in [0.1, 0.15) is 5.82 Å². The molecule has 0 N–H and O–H groups in total. The SMILES string of the molecule is Cc1cc(N2CCCC2)nc(N2CCN(S(=O)(=O)c3ccc4cccc5c4c3CC5)CC2)n1. The number of piperazine rings is 1. The predicted molar refractivity (Wildman–Crippen MR) is 131 cm³/mol. The fraction of sp³-hybridized carbons (Fsp3) is 0.440. The van der Waals surface area contributed by atoms with Gasteiger partial charge in [0.15, 0.2) is 0 Å². The third-order valence-electron chi connectivity index (χ3n) is 7.24. The molecule has 0 radical (unpaired) electrons. The van der Waals surface area contributed by atoms with Gasteiger partial charge in [-0.15, -0.1) is 0 Å². The number of aromatic nitrogens is 2. The lowest BCUT2D eigenvalue weighted by molar-refractivity contribution is 0.382. The van der Waals surface area contributed by atoms with E-state index < -0.39 is 10.0 Å². The molecule has 3 aliphatic rings. The van der Waals surface area contributed by atoms with Gasteiger partial charge in [0.2, 0.25) is 16.0 Å². The standard InChI is InChI=1S/C25H29N5O2S/c1-18-17-23(28-11-2-3-12-28)27-25(26-18)29-13-15-30(16-14-29)33(31,32)22-10-8-20-6-4-5-19-7-9-21(22)24(19)20/h4-6,8,10,17H,2-3,7,9,11-16H2,1H3. The van der Waals surface area contributed by atoms with Gasteiger partial charge in [0.25, 0.3) is 0 Å². The fourth-order valence-electron chi connectivity index (χ4n) is 5.53. The first kappa shape index (κ1) is 20.9. The van der Waals surface area contributed by atoms with E-state index in [4.69, 9.17) is 4.98 Å². The second-order valence-corrected chi connectivity index (χ2v) is 11.2. The van der Waals surface area contributed by atoms with Gasteiger partial charge in [0.05, 0.1) is 4.90 Å². The van der Waals surface area contributed by atoms with Crippen LogP contribution in [0, 0.1) is 6.92 Å². The summed E-state index contributed by atoms with van der Waals surface area (Å²) in [4.78, 5) is 14.4. The molecule has 8 heteroatoms. The Morgan fingerprint density at radius 3 is 2.42 bits per heavy atom. The summed E-state index contributed by atoms with van der Waals surface area (Å²) < 4.78 is 28.9. The maximum absolute atomic E-state index is 13.6. The highest BCUT2D eigenvalue weighted by Gasteiger charge is 2.33. The first-order chi connectivity index (χ1) is 16.0. The van der Waals surface area contributed by atoms with Crippen LogP contribution in [0.1, 0.15) is 29.7 Å². The number of nitrogens with zero attached hydrogens (tertiary/aromatic N) is 5. The zero-order valence-corrected chi connectivity index (χ0v) is 19.8. The van der Waals surface area contributed by atoms with E-state index in [1.165, 1.54) is 18.4 Å². The van der Waals surface area contributed by atoms with Crippen molar-refractivity contribution in [1.29, 1.82) is 0 Å². The molecule has 6 rings (SSSR count). The Balaban J connectivity index is 1.23. The molecule has 2 aromatic carbocycles. The molecule has 0 amide bonds. The Kier molecular flexibility index (Phi) is 5.03. The smallest absolute Gasteiger partial charge is 0.243 e. The van der Waals surface area contributed by atoms with E-state index in [-0.39, 0.29) is 0 Å². The minimum absolute atomic E-state index is 0.442. The molecule has 0 atom stereocenters. The van der Waals surface area contributed by atoms with E-state index in [1.807, 2.05) is 19.1 Å². The number of aryl methyl sites for hydroxylation is 3. The molecule has 0 spiro atoms.